The van der Waals surface area contributed by atoms with Crippen LogP contribution < -0.4 is 31.9 Å². The third-order valence-corrected chi connectivity index (χ3v) is 4.58. The van der Waals surface area contributed by atoms with E-state index in [9.17, 15) is 0 Å². The van der Waals surface area contributed by atoms with E-state index in [1.54, 1.807) is 28.2 Å². The van der Waals surface area contributed by atoms with Gasteiger partial charge in [0.15, 0.2) is 11.9 Å². The van der Waals surface area contributed by atoms with Gasteiger partial charge in [0, 0.05) is 52.7 Å². The van der Waals surface area contributed by atoms with E-state index in [4.69, 9.17) is 11.5 Å². The maximum atomic E-state index is 5.92. The summed E-state index contributed by atoms with van der Waals surface area (Å²) in [6.45, 7) is 1.11. The molecule has 0 bridgehead atoms. The molecule has 2 rings (SSSR count). The number of hydrogen-bond acceptors (Lipinski definition) is 4. The number of guanidine groups is 4. The molecule has 10 heteroatoms. The van der Waals surface area contributed by atoms with Crippen LogP contribution in [0.3, 0.4) is 0 Å². The number of hydrogen-bond donors (Lipinski definition) is 4. The first-order valence-corrected chi connectivity index (χ1v) is 10.1. The zero-order valence-electron chi connectivity index (χ0n) is 19.0. The Bertz CT molecular complexity index is 872. The number of nitrogens with one attached hydrogen (secondary N) is 2. The first-order chi connectivity index (χ1) is 15.5. The maximum absolute atomic E-state index is 5.92. The van der Waals surface area contributed by atoms with E-state index in [0.717, 1.165) is 11.4 Å². The van der Waals surface area contributed by atoms with Crippen LogP contribution >= 0.6 is 0 Å². The second kappa shape index (κ2) is 12.6. The average molecular weight is 437 g/mol. The number of para-hydroxylation sites is 2. The third-order valence-electron chi connectivity index (χ3n) is 4.58. The Morgan fingerprint density at radius 2 is 0.969 bits per heavy atom. The summed E-state index contributed by atoms with van der Waals surface area (Å²) in [6.07, 6.45) is 0. The highest BCUT2D eigenvalue weighted by molar-refractivity contribution is 6.07. The molecule has 0 aliphatic carbocycles. The summed E-state index contributed by atoms with van der Waals surface area (Å²) in [5.74, 6) is 1.70. The second-order valence-corrected chi connectivity index (χ2v) is 6.54. The van der Waals surface area contributed by atoms with Crippen molar-refractivity contribution in [2.24, 2.45) is 31.4 Å². The highest BCUT2D eigenvalue weighted by atomic mass is 15.4. The summed E-state index contributed by atoms with van der Waals surface area (Å²) in [5, 5.41) is 6.13. The number of anilines is 2. The fourth-order valence-corrected chi connectivity index (χ4v) is 2.96. The largest absolute Gasteiger partial charge is 0.370 e. The molecular weight excluding hydrogens is 404 g/mol. The molecule has 0 amide bonds. The van der Waals surface area contributed by atoms with Gasteiger partial charge >= 0.3 is 0 Å². The molecule has 0 unspecified atom stereocenters. The molecule has 32 heavy (non-hydrogen) atoms. The highest BCUT2D eigenvalue weighted by Gasteiger charge is 2.19. The van der Waals surface area contributed by atoms with Crippen LogP contribution in [0.15, 0.2) is 80.6 Å². The first-order valence-electron chi connectivity index (χ1n) is 10.1. The van der Waals surface area contributed by atoms with Crippen molar-refractivity contribution < 1.29 is 0 Å². The van der Waals surface area contributed by atoms with E-state index in [1.807, 2.05) is 70.5 Å². The number of nitrogens with zero attached hydrogens (tertiary/aromatic N) is 6. The lowest BCUT2D eigenvalue weighted by Gasteiger charge is -2.31. The molecule has 6 N–H and O–H groups in total. The van der Waals surface area contributed by atoms with Gasteiger partial charge in [0.25, 0.3) is 0 Å². The van der Waals surface area contributed by atoms with E-state index in [1.165, 1.54) is 0 Å². The molecule has 0 aliphatic heterocycles. The van der Waals surface area contributed by atoms with Gasteiger partial charge in [0.2, 0.25) is 11.9 Å². The van der Waals surface area contributed by atoms with Gasteiger partial charge in [-0.2, -0.15) is 0 Å². The van der Waals surface area contributed by atoms with Crippen molar-refractivity contribution in [3.63, 3.8) is 0 Å². The zero-order valence-corrected chi connectivity index (χ0v) is 19.0. The van der Waals surface area contributed by atoms with Crippen LogP contribution in [0.25, 0.3) is 0 Å². The van der Waals surface area contributed by atoms with Crippen molar-refractivity contribution in [2.75, 3.05) is 51.1 Å². The van der Waals surface area contributed by atoms with Crippen LogP contribution in [0.1, 0.15) is 0 Å². The molecule has 0 saturated heterocycles. The molecule has 0 atom stereocenters. The monoisotopic (exact) mass is 436 g/mol. The van der Waals surface area contributed by atoms with Crippen LogP contribution in [0.2, 0.25) is 0 Å². The molecule has 0 aliphatic rings. The molecule has 170 valence electrons. The van der Waals surface area contributed by atoms with Crippen LogP contribution in [0.5, 0.6) is 0 Å². The summed E-state index contributed by atoms with van der Waals surface area (Å²) >= 11 is 0. The SMILES string of the molecule is CN=C(N)NC(=NC)N(CCN(C(=NC)NC(N)=NC)c1ccccc1)c1ccccc1. The standard InChI is InChI=1S/C22H32N10/c1-25-19(23)29-21(27-3)31(17-11-7-5-8-12-17)15-16-32(18-13-9-6-10-14-18)22(28-4)30-20(24)26-2/h5-14H,15-16H2,1-4H3,(H3,23,25,27,29)(H3,24,26,28,30). The van der Waals surface area contributed by atoms with Crippen LogP contribution in [0, 0.1) is 0 Å². The summed E-state index contributed by atoms with van der Waals surface area (Å²) in [4.78, 5) is 20.8. The smallest absolute Gasteiger partial charge is 0.205 e. The Hall–Kier alpha value is -4.08. The Balaban J connectivity index is 2.39. The van der Waals surface area contributed by atoms with Gasteiger partial charge in [-0.3, -0.25) is 30.6 Å². The van der Waals surface area contributed by atoms with Crippen molar-refractivity contribution in [2.45, 2.75) is 0 Å². The molecule has 2 aromatic rings. The predicted octanol–water partition coefficient (Wildman–Crippen LogP) is 1.04. The normalized spacial score (nSPS) is 13.0. The van der Waals surface area contributed by atoms with Gasteiger partial charge < -0.3 is 21.3 Å². The molecule has 0 saturated carbocycles. The van der Waals surface area contributed by atoms with Crippen LogP contribution in [-0.4, -0.2) is 65.1 Å². The average Bonchev–Trinajstić information content (AvgIpc) is 2.85. The van der Waals surface area contributed by atoms with E-state index < -0.39 is 0 Å². The summed E-state index contributed by atoms with van der Waals surface area (Å²) in [7, 11) is 6.65. The third kappa shape index (κ3) is 6.73. The van der Waals surface area contributed by atoms with Crippen LogP contribution in [0.4, 0.5) is 11.4 Å². The lowest BCUT2D eigenvalue weighted by atomic mass is 10.2. The maximum Gasteiger partial charge on any atom is 0.205 e. The van der Waals surface area contributed by atoms with Crippen molar-refractivity contribution >= 4 is 35.2 Å². The van der Waals surface area contributed by atoms with Gasteiger partial charge in [-0.1, -0.05) is 36.4 Å². The summed E-state index contributed by atoms with van der Waals surface area (Å²) in [5.41, 5.74) is 13.7. The molecule has 0 aromatic heterocycles. The van der Waals surface area contributed by atoms with Crippen molar-refractivity contribution in [1.82, 2.24) is 10.6 Å². The molecular formula is C22H32N10. The lowest BCUT2D eigenvalue weighted by Crippen LogP contribution is -2.52. The van der Waals surface area contributed by atoms with Crippen molar-refractivity contribution in [3.8, 4) is 0 Å². The van der Waals surface area contributed by atoms with E-state index >= 15 is 0 Å². The predicted molar refractivity (Wildman–Crippen MR) is 136 cm³/mol. The Kier molecular flexibility index (Phi) is 9.51. The number of aliphatic imine (C=N–C) groups is 4. The fourth-order valence-electron chi connectivity index (χ4n) is 2.96. The zero-order chi connectivity index (χ0) is 23.3. The van der Waals surface area contributed by atoms with Crippen molar-refractivity contribution in [1.29, 1.82) is 0 Å². The summed E-state index contributed by atoms with van der Waals surface area (Å²) in [6, 6.07) is 19.9. The van der Waals surface area contributed by atoms with Gasteiger partial charge in [-0.25, -0.2) is 0 Å². The highest BCUT2D eigenvalue weighted by Crippen LogP contribution is 2.17. The number of nitrogens with two attached hydrogens (primary N) is 2. The summed E-state index contributed by atoms with van der Waals surface area (Å²) < 4.78 is 0. The van der Waals surface area contributed by atoms with Gasteiger partial charge in [0.1, 0.15) is 0 Å². The first kappa shape index (κ1) is 24.2. The molecule has 2 aromatic carbocycles. The van der Waals surface area contributed by atoms with E-state index in [-0.39, 0.29) is 11.9 Å². The molecule has 0 radical (unpaired) electrons. The second-order valence-electron chi connectivity index (χ2n) is 6.54. The van der Waals surface area contributed by atoms with Gasteiger partial charge in [-0.15, -0.1) is 0 Å². The van der Waals surface area contributed by atoms with Gasteiger partial charge in [-0.05, 0) is 24.3 Å². The van der Waals surface area contributed by atoms with Gasteiger partial charge in [0.05, 0.1) is 0 Å². The molecule has 10 nitrogen and oxygen atoms in total. The molecule has 0 fully saturated rings. The van der Waals surface area contributed by atoms with E-state index in [0.29, 0.717) is 25.0 Å². The topological polar surface area (TPSA) is 132 Å². The fraction of sp³-hybridized carbons (Fsp3) is 0.273. The number of rotatable bonds is 5. The number of benzene rings is 2. The Labute approximate surface area is 189 Å². The minimum absolute atomic E-state index is 0.274. The minimum Gasteiger partial charge on any atom is -0.370 e. The van der Waals surface area contributed by atoms with Crippen molar-refractivity contribution in [3.05, 3.63) is 60.7 Å². The molecule has 0 heterocycles. The minimum atomic E-state index is 0.274. The van der Waals surface area contributed by atoms with Crippen LogP contribution in [-0.2, 0) is 0 Å². The van der Waals surface area contributed by atoms with E-state index in [2.05, 4.69) is 30.6 Å². The Morgan fingerprint density at radius 3 is 1.25 bits per heavy atom. The quantitative estimate of drug-likeness (QED) is 0.409. The lowest BCUT2D eigenvalue weighted by molar-refractivity contribution is 0.886. The Morgan fingerprint density at radius 1 is 0.625 bits per heavy atom. The molecule has 0 spiro atoms.